The minimum absolute atomic E-state index is 0.0272. The minimum atomic E-state index is -4.54. The highest BCUT2D eigenvalue weighted by molar-refractivity contribution is 7.13. The molecule has 1 aliphatic heterocycles. The zero-order valence-corrected chi connectivity index (χ0v) is 18.2. The van der Waals surface area contributed by atoms with Crippen molar-refractivity contribution >= 4 is 23.1 Å². The largest absolute Gasteiger partial charge is 0.416 e. The Hall–Kier alpha value is -3.60. The minimum Gasteiger partial charge on any atom is -0.321 e. The van der Waals surface area contributed by atoms with Crippen LogP contribution in [0.15, 0.2) is 48.4 Å². The first kappa shape index (κ1) is 21.3. The summed E-state index contributed by atoms with van der Waals surface area (Å²) in [7, 11) is 1.86. The Morgan fingerprint density at radius 3 is 2.73 bits per heavy atom. The van der Waals surface area contributed by atoms with Gasteiger partial charge in [-0.05, 0) is 41.8 Å². The molecule has 0 bridgehead atoms. The van der Waals surface area contributed by atoms with Crippen molar-refractivity contribution in [2.24, 2.45) is 7.05 Å². The molecule has 0 fully saturated rings. The molecule has 0 saturated heterocycles. The molecule has 1 aliphatic rings. The van der Waals surface area contributed by atoms with E-state index in [1.54, 1.807) is 24.1 Å². The zero-order valence-electron chi connectivity index (χ0n) is 17.4. The molecular formula is C22H17F3N6OS. The molecular weight excluding hydrogens is 453 g/mol. The highest BCUT2D eigenvalue weighted by Gasteiger charge is 2.40. The third kappa shape index (κ3) is 3.99. The number of nitrogens with zero attached hydrogens (tertiary/aromatic N) is 6. The van der Waals surface area contributed by atoms with E-state index in [0.29, 0.717) is 24.4 Å². The zero-order chi connectivity index (χ0) is 23.2. The van der Waals surface area contributed by atoms with Crippen molar-refractivity contribution in [3.05, 3.63) is 76.4 Å². The predicted octanol–water partition coefficient (Wildman–Crippen LogP) is 4.30. The lowest BCUT2D eigenvalue weighted by atomic mass is 10.0. The van der Waals surface area contributed by atoms with Gasteiger partial charge in [-0.1, -0.05) is 6.07 Å². The number of carbonyl (C=O) groups is 1. The topological polar surface area (TPSA) is 76.8 Å². The van der Waals surface area contributed by atoms with Crippen LogP contribution in [-0.2, 0) is 32.6 Å². The Morgan fingerprint density at radius 2 is 2.03 bits per heavy atom. The third-order valence-electron chi connectivity index (χ3n) is 5.55. The molecule has 3 aromatic heterocycles. The van der Waals surface area contributed by atoms with Gasteiger partial charge >= 0.3 is 6.18 Å². The smallest absolute Gasteiger partial charge is 0.321 e. The van der Waals surface area contributed by atoms with Crippen LogP contribution in [0.4, 0.5) is 19.0 Å². The summed E-state index contributed by atoms with van der Waals surface area (Å²) in [6.07, 6.45) is -0.0497. The fourth-order valence-corrected chi connectivity index (χ4v) is 4.48. The Bertz CT molecular complexity index is 1330. The van der Waals surface area contributed by atoms with E-state index in [0.717, 1.165) is 22.3 Å². The van der Waals surface area contributed by atoms with Crippen LogP contribution in [0.25, 0.3) is 10.6 Å². The number of pyridine rings is 1. The molecule has 11 heteroatoms. The summed E-state index contributed by atoms with van der Waals surface area (Å²) < 4.78 is 42.4. The summed E-state index contributed by atoms with van der Waals surface area (Å²) in [5.41, 5.74) is 2.40. The summed E-state index contributed by atoms with van der Waals surface area (Å²) in [5, 5.41) is 7.98. The molecule has 1 amide bonds. The van der Waals surface area contributed by atoms with E-state index in [2.05, 4.69) is 20.2 Å². The Labute approximate surface area is 190 Å². The first-order valence-electron chi connectivity index (χ1n) is 10.0. The monoisotopic (exact) mass is 470 g/mol. The molecule has 1 aromatic carbocycles. The van der Waals surface area contributed by atoms with Gasteiger partial charge in [0.1, 0.15) is 18.0 Å². The maximum atomic E-state index is 13.5. The number of rotatable bonds is 5. The molecule has 0 spiro atoms. The van der Waals surface area contributed by atoms with Crippen LogP contribution in [0.3, 0.4) is 0 Å². The van der Waals surface area contributed by atoms with Gasteiger partial charge < -0.3 is 4.57 Å². The number of hydrogen-bond acceptors (Lipinski definition) is 6. The van der Waals surface area contributed by atoms with Gasteiger partial charge in [0, 0.05) is 25.2 Å². The van der Waals surface area contributed by atoms with Gasteiger partial charge in [-0.3, -0.25) is 14.7 Å². The van der Waals surface area contributed by atoms with Gasteiger partial charge in [-0.15, -0.1) is 21.5 Å². The lowest BCUT2D eigenvalue weighted by Crippen LogP contribution is -2.24. The number of aromatic nitrogens is 5. The lowest BCUT2D eigenvalue weighted by Gasteiger charge is -2.17. The predicted molar refractivity (Wildman–Crippen MR) is 116 cm³/mol. The van der Waals surface area contributed by atoms with E-state index in [1.807, 2.05) is 17.7 Å². The number of aryl methyl sites for hydroxylation is 3. The normalized spacial score (nSPS) is 13.6. The fourth-order valence-electron chi connectivity index (χ4n) is 3.90. The second kappa shape index (κ2) is 8.07. The number of fused-ring (bicyclic) bond motifs is 1. The number of amides is 1. The highest BCUT2D eigenvalue weighted by Crippen LogP contribution is 2.38. The van der Waals surface area contributed by atoms with Gasteiger partial charge in [-0.2, -0.15) is 13.2 Å². The number of benzene rings is 1. The molecule has 7 nitrogen and oxygen atoms in total. The summed E-state index contributed by atoms with van der Waals surface area (Å²) in [6.45, 7) is -0.189. The second-order valence-corrected chi connectivity index (χ2v) is 8.55. The van der Waals surface area contributed by atoms with Crippen LogP contribution in [0.5, 0.6) is 0 Å². The van der Waals surface area contributed by atoms with E-state index < -0.39 is 17.6 Å². The van der Waals surface area contributed by atoms with Crippen molar-refractivity contribution < 1.29 is 18.0 Å². The Balaban J connectivity index is 1.53. The van der Waals surface area contributed by atoms with Crippen molar-refractivity contribution in [1.29, 1.82) is 0 Å². The van der Waals surface area contributed by atoms with Crippen molar-refractivity contribution in [2.75, 3.05) is 4.90 Å². The Morgan fingerprint density at radius 1 is 1.18 bits per heavy atom. The molecule has 0 N–H and O–H groups in total. The number of alkyl halides is 3. The van der Waals surface area contributed by atoms with Crippen molar-refractivity contribution in [3.8, 4) is 10.6 Å². The van der Waals surface area contributed by atoms with E-state index >= 15 is 0 Å². The van der Waals surface area contributed by atoms with E-state index in [4.69, 9.17) is 0 Å². The third-order valence-corrected chi connectivity index (χ3v) is 6.34. The molecule has 0 atom stereocenters. The van der Waals surface area contributed by atoms with Crippen LogP contribution in [0.2, 0.25) is 0 Å². The fraction of sp³-hybridized carbons (Fsp3) is 0.227. The quantitative estimate of drug-likeness (QED) is 0.435. The summed E-state index contributed by atoms with van der Waals surface area (Å²) in [6, 6.07) is 7.34. The van der Waals surface area contributed by atoms with E-state index in [1.165, 1.54) is 28.4 Å². The molecule has 0 radical (unpaired) electrons. The average Bonchev–Trinajstić information content (AvgIpc) is 3.52. The maximum Gasteiger partial charge on any atom is 0.416 e. The molecule has 0 saturated carbocycles. The molecule has 4 aromatic rings. The Kier molecular flexibility index (Phi) is 5.20. The van der Waals surface area contributed by atoms with Crippen LogP contribution in [0.1, 0.15) is 32.9 Å². The number of carbonyl (C=O) groups excluding carboxylic acids is 1. The molecule has 168 valence electrons. The van der Waals surface area contributed by atoms with Crippen LogP contribution in [0, 0.1) is 0 Å². The number of hydrogen-bond donors (Lipinski definition) is 0. The molecule has 33 heavy (non-hydrogen) atoms. The molecule has 0 unspecified atom stereocenters. The lowest BCUT2D eigenvalue weighted by molar-refractivity contribution is -0.138. The standard InChI is InChI=1S/C22H17F3N6OS/c1-30-11-27-29-19(30)6-5-13-7-17(18-9-26-12-33-18)28-20(8-13)31-10-15-14(21(31)32)3-2-4-16(15)22(23,24)25/h2-4,7-9,11-12H,5-6,10H2,1H3. The summed E-state index contributed by atoms with van der Waals surface area (Å²) >= 11 is 1.40. The van der Waals surface area contributed by atoms with Gasteiger partial charge in [0.05, 0.1) is 28.2 Å². The van der Waals surface area contributed by atoms with Crippen molar-refractivity contribution in [2.45, 2.75) is 25.6 Å². The van der Waals surface area contributed by atoms with Crippen molar-refractivity contribution in [1.82, 2.24) is 24.7 Å². The van der Waals surface area contributed by atoms with Gasteiger partial charge in [0.25, 0.3) is 5.91 Å². The maximum absolute atomic E-state index is 13.5. The van der Waals surface area contributed by atoms with E-state index in [9.17, 15) is 18.0 Å². The SMILES string of the molecule is Cn1cnnc1CCc1cc(-c2cncs2)nc(N2Cc3c(cccc3C(F)(F)F)C2=O)c1. The summed E-state index contributed by atoms with van der Waals surface area (Å²) in [5.74, 6) is 0.611. The first-order valence-corrected chi connectivity index (χ1v) is 10.9. The number of halogens is 3. The number of anilines is 1. The van der Waals surface area contributed by atoms with E-state index in [-0.39, 0.29) is 17.7 Å². The first-order chi connectivity index (χ1) is 15.8. The van der Waals surface area contributed by atoms with Crippen LogP contribution < -0.4 is 4.90 Å². The molecule has 0 aliphatic carbocycles. The summed E-state index contributed by atoms with van der Waals surface area (Å²) in [4.78, 5) is 23.9. The average molecular weight is 470 g/mol. The van der Waals surface area contributed by atoms with Crippen LogP contribution in [-0.4, -0.2) is 30.6 Å². The highest BCUT2D eigenvalue weighted by atomic mass is 32.1. The second-order valence-electron chi connectivity index (χ2n) is 7.66. The van der Waals surface area contributed by atoms with Gasteiger partial charge in [0.2, 0.25) is 0 Å². The molecule has 4 heterocycles. The van der Waals surface area contributed by atoms with Gasteiger partial charge in [-0.25, -0.2) is 4.98 Å². The number of thiazole rings is 1. The van der Waals surface area contributed by atoms with Gasteiger partial charge in [0.15, 0.2) is 0 Å². The molecule has 5 rings (SSSR count). The van der Waals surface area contributed by atoms with Crippen LogP contribution >= 0.6 is 11.3 Å². The van der Waals surface area contributed by atoms with Crippen molar-refractivity contribution in [3.63, 3.8) is 0 Å².